The van der Waals surface area contributed by atoms with E-state index in [9.17, 15) is 4.91 Å². The van der Waals surface area contributed by atoms with Crippen molar-refractivity contribution in [2.45, 2.75) is 0 Å². The van der Waals surface area contributed by atoms with Crippen LogP contribution < -0.4 is 9.80 Å². The van der Waals surface area contributed by atoms with Gasteiger partial charge in [-0.3, -0.25) is 0 Å². The number of rotatable bonds is 3. The first-order valence-corrected chi connectivity index (χ1v) is 7.01. The molecule has 20 heavy (non-hydrogen) atoms. The predicted octanol–water partition coefficient (Wildman–Crippen LogP) is 1.76. The molecule has 1 aromatic carbocycles. The first-order valence-electron chi connectivity index (χ1n) is 7.01. The summed E-state index contributed by atoms with van der Waals surface area (Å²) in [6.45, 7) is 6.18. The molecule has 0 aliphatic carbocycles. The molecule has 3 rings (SSSR count). The van der Waals surface area contributed by atoms with E-state index in [2.05, 4.69) is 21.0 Å². The molecule has 0 amide bonds. The monoisotopic (exact) mass is 277 g/mol. The van der Waals surface area contributed by atoms with Crippen LogP contribution in [-0.4, -0.2) is 52.6 Å². The van der Waals surface area contributed by atoms with Crippen LogP contribution in [0.3, 0.4) is 0 Å². The van der Waals surface area contributed by atoms with Crippen LogP contribution in [0, 0.1) is 4.91 Å². The van der Waals surface area contributed by atoms with Crippen molar-refractivity contribution >= 4 is 17.1 Å². The molecule has 0 atom stereocenters. The summed E-state index contributed by atoms with van der Waals surface area (Å²) >= 11 is 0. The lowest BCUT2D eigenvalue weighted by molar-refractivity contribution is 0.122. The van der Waals surface area contributed by atoms with Gasteiger partial charge in [0.25, 0.3) is 0 Å². The quantitative estimate of drug-likeness (QED) is 0.788. The maximum Gasteiger partial charge on any atom is 0.133 e. The molecule has 0 radical (unpaired) electrons. The third kappa shape index (κ3) is 2.76. The zero-order valence-electron chi connectivity index (χ0n) is 11.5. The smallest absolute Gasteiger partial charge is 0.133 e. The highest BCUT2D eigenvalue weighted by Gasteiger charge is 2.18. The minimum absolute atomic E-state index is 0.510. The van der Waals surface area contributed by atoms with E-state index in [4.69, 9.17) is 9.47 Å². The van der Waals surface area contributed by atoms with E-state index < -0.39 is 0 Å². The Bertz CT molecular complexity index is 469. The lowest BCUT2D eigenvalue weighted by atomic mass is 10.2. The normalized spacial score (nSPS) is 20.0. The van der Waals surface area contributed by atoms with E-state index in [0.29, 0.717) is 18.9 Å². The maximum atomic E-state index is 11.2. The van der Waals surface area contributed by atoms with E-state index in [1.165, 1.54) is 0 Å². The Morgan fingerprint density at radius 2 is 1.50 bits per heavy atom. The third-order valence-electron chi connectivity index (χ3n) is 3.79. The minimum Gasteiger partial charge on any atom is -0.378 e. The van der Waals surface area contributed by atoms with Gasteiger partial charge >= 0.3 is 0 Å². The summed E-state index contributed by atoms with van der Waals surface area (Å²) in [5, 5.41) is 3.21. The summed E-state index contributed by atoms with van der Waals surface area (Å²) < 4.78 is 10.7. The second-order valence-corrected chi connectivity index (χ2v) is 4.96. The Kier molecular flexibility index (Phi) is 4.13. The van der Waals surface area contributed by atoms with Crippen LogP contribution in [0.1, 0.15) is 0 Å². The van der Waals surface area contributed by atoms with Crippen molar-refractivity contribution in [1.82, 2.24) is 0 Å². The largest absolute Gasteiger partial charge is 0.378 e. The van der Waals surface area contributed by atoms with E-state index >= 15 is 0 Å². The van der Waals surface area contributed by atoms with Gasteiger partial charge in [0.15, 0.2) is 0 Å². The number of morpholine rings is 2. The topological polar surface area (TPSA) is 54.4 Å². The Morgan fingerprint density at radius 3 is 2.10 bits per heavy atom. The standard InChI is InChI=1S/C14H19N3O3/c18-15-13-11-12(16-3-7-19-8-4-16)1-2-14(13)17-5-9-20-10-6-17/h1-2,11H,3-10H2. The molecule has 0 spiro atoms. The molecule has 108 valence electrons. The van der Waals surface area contributed by atoms with Gasteiger partial charge in [0.05, 0.1) is 32.1 Å². The number of benzene rings is 1. The fraction of sp³-hybridized carbons (Fsp3) is 0.571. The van der Waals surface area contributed by atoms with Crippen LogP contribution in [0.15, 0.2) is 23.4 Å². The second-order valence-electron chi connectivity index (χ2n) is 4.96. The van der Waals surface area contributed by atoms with Gasteiger partial charge in [-0.05, 0) is 23.4 Å². The minimum atomic E-state index is 0.510. The van der Waals surface area contributed by atoms with Gasteiger partial charge < -0.3 is 19.3 Å². The SMILES string of the molecule is O=Nc1cc(N2CCOCC2)ccc1N1CCOCC1. The van der Waals surface area contributed by atoms with E-state index in [0.717, 1.165) is 50.8 Å². The maximum absolute atomic E-state index is 11.2. The highest BCUT2D eigenvalue weighted by atomic mass is 16.5. The summed E-state index contributed by atoms with van der Waals surface area (Å²) in [5.41, 5.74) is 2.45. The molecule has 0 unspecified atom stereocenters. The molecule has 0 bridgehead atoms. The van der Waals surface area contributed by atoms with Gasteiger partial charge in [0, 0.05) is 31.9 Å². The fourth-order valence-corrected chi connectivity index (χ4v) is 2.67. The van der Waals surface area contributed by atoms with Crippen molar-refractivity contribution in [3.63, 3.8) is 0 Å². The summed E-state index contributed by atoms with van der Waals surface area (Å²) in [6.07, 6.45) is 0. The summed E-state index contributed by atoms with van der Waals surface area (Å²) in [4.78, 5) is 15.5. The Morgan fingerprint density at radius 1 is 0.900 bits per heavy atom. The lowest BCUT2D eigenvalue weighted by Gasteiger charge is -2.31. The zero-order valence-corrected chi connectivity index (χ0v) is 11.5. The van der Waals surface area contributed by atoms with E-state index in [1.54, 1.807) is 0 Å². The second kappa shape index (κ2) is 6.19. The molecule has 6 nitrogen and oxygen atoms in total. The van der Waals surface area contributed by atoms with Crippen molar-refractivity contribution < 1.29 is 9.47 Å². The van der Waals surface area contributed by atoms with Gasteiger partial charge in [-0.25, -0.2) is 0 Å². The van der Waals surface area contributed by atoms with Crippen LogP contribution in [0.2, 0.25) is 0 Å². The number of hydrogen-bond acceptors (Lipinski definition) is 6. The first kappa shape index (κ1) is 13.3. The molecule has 2 fully saturated rings. The van der Waals surface area contributed by atoms with Crippen LogP contribution in [0.5, 0.6) is 0 Å². The molecule has 0 aromatic heterocycles. The lowest BCUT2D eigenvalue weighted by Crippen LogP contribution is -2.37. The molecule has 2 saturated heterocycles. The molecule has 2 heterocycles. The van der Waals surface area contributed by atoms with Gasteiger partial charge in [-0.1, -0.05) is 0 Å². The van der Waals surface area contributed by atoms with Crippen molar-refractivity contribution in [3.05, 3.63) is 23.1 Å². The number of anilines is 2. The van der Waals surface area contributed by atoms with Crippen LogP contribution in [-0.2, 0) is 9.47 Å². The molecule has 6 heteroatoms. The predicted molar refractivity (Wildman–Crippen MR) is 78.0 cm³/mol. The molecule has 2 aliphatic rings. The van der Waals surface area contributed by atoms with Gasteiger partial charge in [0.2, 0.25) is 0 Å². The van der Waals surface area contributed by atoms with E-state index in [1.807, 2.05) is 12.1 Å². The number of ether oxygens (including phenoxy) is 2. The van der Waals surface area contributed by atoms with Crippen molar-refractivity contribution in [1.29, 1.82) is 0 Å². The van der Waals surface area contributed by atoms with Gasteiger partial charge in [-0.15, -0.1) is 4.91 Å². The van der Waals surface area contributed by atoms with Crippen LogP contribution >= 0.6 is 0 Å². The van der Waals surface area contributed by atoms with Crippen LogP contribution in [0.25, 0.3) is 0 Å². The number of hydrogen-bond donors (Lipinski definition) is 0. The van der Waals surface area contributed by atoms with Gasteiger partial charge in [-0.2, -0.15) is 0 Å². The first-order chi connectivity index (χ1) is 9.88. The van der Waals surface area contributed by atoms with Crippen molar-refractivity contribution in [2.24, 2.45) is 5.18 Å². The molecule has 0 saturated carbocycles. The fourth-order valence-electron chi connectivity index (χ4n) is 2.67. The molecular weight excluding hydrogens is 258 g/mol. The summed E-state index contributed by atoms with van der Waals surface area (Å²) in [5.74, 6) is 0. The Hall–Kier alpha value is -1.66. The number of nitrogens with zero attached hydrogens (tertiary/aromatic N) is 3. The molecule has 1 aromatic rings. The summed E-state index contributed by atoms with van der Waals surface area (Å²) in [7, 11) is 0. The third-order valence-corrected chi connectivity index (χ3v) is 3.79. The Labute approximate surface area is 118 Å². The van der Waals surface area contributed by atoms with Crippen molar-refractivity contribution in [3.8, 4) is 0 Å². The van der Waals surface area contributed by atoms with Gasteiger partial charge in [0.1, 0.15) is 5.69 Å². The number of nitroso groups, excluding NO2 is 1. The molecular formula is C14H19N3O3. The Balaban J connectivity index is 1.83. The average Bonchev–Trinajstić information content (AvgIpc) is 2.56. The molecule has 2 aliphatic heterocycles. The highest BCUT2D eigenvalue weighted by molar-refractivity contribution is 5.72. The average molecular weight is 277 g/mol. The zero-order chi connectivity index (χ0) is 13.8. The van der Waals surface area contributed by atoms with E-state index in [-0.39, 0.29) is 0 Å². The highest BCUT2D eigenvalue weighted by Crippen LogP contribution is 2.33. The summed E-state index contributed by atoms with van der Waals surface area (Å²) in [6, 6.07) is 5.93. The molecule has 0 N–H and O–H groups in total. The van der Waals surface area contributed by atoms with Crippen molar-refractivity contribution in [2.75, 3.05) is 62.4 Å². The van der Waals surface area contributed by atoms with Crippen LogP contribution in [0.4, 0.5) is 17.1 Å².